The number of anilines is 2. The molecule has 0 saturated carbocycles. The van der Waals surface area contributed by atoms with E-state index in [9.17, 15) is 9.59 Å². The first kappa shape index (κ1) is 21.6. The molecule has 3 aromatic rings. The molecule has 2 aromatic carbocycles. The Balaban J connectivity index is 1.62. The van der Waals surface area contributed by atoms with E-state index in [1.54, 1.807) is 11.6 Å². The van der Waals surface area contributed by atoms with Crippen LogP contribution in [0.1, 0.15) is 24.7 Å². The topological polar surface area (TPSA) is 88.9 Å². The van der Waals surface area contributed by atoms with Crippen molar-refractivity contribution in [2.24, 2.45) is 7.05 Å². The lowest BCUT2D eigenvalue weighted by Crippen LogP contribution is -2.25. The number of nitrogens with zero attached hydrogens (tertiary/aromatic N) is 3. The quantitative estimate of drug-likeness (QED) is 0.538. The first-order valence-corrected chi connectivity index (χ1v) is 10.6. The predicted octanol–water partition coefficient (Wildman–Crippen LogP) is 3.81. The van der Waals surface area contributed by atoms with Crippen molar-refractivity contribution >= 4 is 35.0 Å². The number of carbonyl (C=O) groups excluding carboxylic acids is 2. The van der Waals surface area contributed by atoms with Crippen LogP contribution in [0.4, 0.5) is 11.4 Å². The molecular weight excluding hydrogens is 398 g/mol. The maximum Gasteiger partial charge on any atom is 0.237 e. The molecule has 30 heavy (non-hydrogen) atoms. The third kappa shape index (κ3) is 5.70. The number of nitrogens with one attached hydrogen (secondary N) is 2. The Morgan fingerprint density at radius 1 is 1.03 bits per heavy atom. The lowest BCUT2D eigenvalue weighted by Gasteiger charge is -2.14. The minimum atomic E-state index is -0.320. The van der Waals surface area contributed by atoms with Gasteiger partial charge in [-0.25, -0.2) is 0 Å². The van der Waals surface area contributed by atoms with E-state index >= 15 is 0 Å². The number of aromatic nitrogens is 3. The molecule has 0 bridgehead atoms. The molecule has 2 N–H and O–H groups in total. The number of benzene rings is 2. The van der Waals surface area contributed by atoms with Crippen LogP contribution < -0.4 is 10.6 Å². The van der Waals surface area contributed by atoms with Crippen LogP contribution in [-0.4, -0.2) is 31.8 Å². The summed E-state index contributed by atoms with van der Waals surface area (Å²) in [6.45, 7) is 3.94. The highest BCUT2D eigenvalue weighted by Gasteiger charge is 2.22. The number of thioether (sulfide) groups is 1. The van der Waals surface area contributed by atoms with Gasteiger partial charge in [0.2, 0.25) is 11.8 Å². The van der Waals surface area contributed by atoms with Crippen molar-refractivity contribution in [1.29, 1.82) is 0 Å². The molecule has 0 spiro atoms. The number of para-hydroxylation sites is 1. The summed E-state index contributed by atoms with van der Waals surface area (Å²) in [4.78, 5) is 25.0. The molecule has 0 fully saturated rings. The van der Waals surface area contributed by atoms with E-state index in [0.717, 1.165) is 16.9 Å². The molecular formula is C22H25N5O2S. The molecule has 1 aromatic heterocycles. The van der Waals surface area contributed by atoms with Gasteiger partial charge in [-0.1, -0.05) is 49.0 Å². The van der Waals surface area contributed by atoms with E-state index in [0.29, 0.717) is 17.4 Å². The van der Waals surface area contributed by atoms with Gasteiger partial charge in [0.1, 0.15) is 5.82 Å². The van der Waals surface area contributed by atoms with Crippen molar-refractivity contribution in [3.05, 3.63) is 66.0 Å². The minimum Gasteiger partial charge on any atom is -0.326 e. The third-order valence-corrected chi connectivity index (χ3v) is 5.90. The normalized spacial score (nSPS) is 11.7. The molecule has 0 aliphatic rings. The van der Waals surface area contributed by atoms with Crippen molar-refractivity contribution in [2.45, 2.75) is 37.1 Å². The standard InChI is InChI=1S/C22H25N5O2S/c1-4-18(21(29)24-17-12-8-9-15(2)13-17)30-22-26-25-19(27(22)3)14-20(28)23-16-10-6-5-7-11-16/h5-13,18H,4,14H2,1-3H3,(H,23,28)(H,24,29)/t18-/m1/s1. The molecule has 0 saturated heterocycles. The van der Waals surface area contributed by atoms with Gasteiger partial charge in [0.15, 0.2) is 5.16 Å². The molecule has 8 heteroatoms. The monoisotopic (exact) mass is 423 g/mol. The molecule has 2 amide bonds. The van der Waals surface area contributed by atoms with E-state index in [-0.39, 0.29) is 23.5 Å². The molecule has 7 nitrogen and oxygen atoms in total. The van der Waals surface area contributed by atoms with Crippen molar-refractivity contribution < 1.29 is 9.59 Å². The van der Waals surface area contributed by atoms with E-state index in [1.165, 1.54) is 11.8 Å². The van der Waals surface area contributed by atoms with Gasteiger partial charge in [-0.2, -0.15) is 0 Å². The largest absolute Gasteiger partial charge is 0.326 e. The first-order valence-electron chi connectivity index (χ1n) is 9.73. The average Bonchev–Trinajstić information content (AvgIpc) is 3.06. The fourth-order valence-electron chi connectivity index (χ4n) is 2.87. The summed E-state index contributed by atoms with van der Waals surface area (Å²) in [5.41, 5.74) is 2.59. The molecule has 0 radical (unpaired) electrons. The number of rotatable bonds is 8. The number of aryl methyl sites for hydroxylation is 1. The molecule has 3 rings (SSSR count). The maximum atomic E-state index is 12.7. The smallest absolute Gasteiger partial charge is 0.237 e. The van der Waals surface area contributed by atoms with Gasteiger partial charge in [0.25, 0.3) is 0 Å². The summed E-state index contributed by atoms with van der Waals surface area (Å²) >= 11 is 1.34. The summed E-state index contributed by atoms with van der Waals surface area (Å²) in [5.74, 6) is 0.289. The zero-order valence-corrected chi connectivity index (χ0v) is 18.1. The van der Waals surface area contributed by atoms with Gasteiger partial charge < -0.3 is 15.2 Å². The molecule has 1 atom stereocenters. The summed E-state index contributed by atoms with van der Waals surface area (Å²) in [6, 6.07) is 17.0. The zero-order valence-electron chi connectivity index (χ0n) is 17.3. The van der Waals surface area contributed by atoms with E-state index in [2.05, 4.69) is 20.8 Å². The third-order valence-electron chi connectivity index (χ3n) is 4.50. The SMILES string of the molecule is CC[C@@H](Sc1nnc(CC(=O)Nc2ccccc2)n1C)C(=O)Nc1cccc(C)c1. The Hall–Kier alpha value is -3.13. The first-order chi connectivity index (χ1) is 14.5. The maximum absolute atomic E-state index is 12.7. The van der Waals surface area contributed by atoms with Gasteiger partial charge in [0, 0.05) is 18.4 Å². The van der Waals surface area contributed by atoms with Crippen LogP contribution >= 0.6 is 11.8 Å². The summed E-state index contributed by atoms with van der Waals surface area (Å²) in [5, 5.41) is 14.4. The van der Waals surface area contributed by atoms with Crippen LogP contribution in [-0.2, 0) is 23.1 Å². The second-order valence-electron chi connectivity index (χ2n) is 6.92. The number of hydrogen-bond donors (Lipinski definition) is 2. The fraction of sp³-hybridized carbons (Fsp3) is 0.273. The Morgan fingerprint density at radius 3 is 2.47 bits per heavy atom. The second kappa shape index (κ2) is 10.1. The van der Waals surface area contributed by atoms with E-state index in [4.69, 9.17) is 0 Å². The van der Waals surface area contributed by atoms with Crippen LogP contribution in [0.25, 0.3) is 0 Å². The van der Waals surface area contributed by atoms with Crippen LogP contribution in [0.15, 0.2) is 59.8 Å². The molecule has 156 valence electrons. The van der Waals surface area contributed by atoms with Crippen molar-refractivity contribution in [2.75, 3.05) is 10.6 Å². The van der Waals surface area contributed by atoms with Gasteiger partial charge in [-0.05, 0) is 43.2 Å². The van der Waals surface area contributed by atoms with Crippen LogP contribution in [0, 0.1) is 6.92 Å². The predicted molar refractivity (Wildman–Crippen MR) is 120 cm³/mol. The van der Waals surface area contributed by atoms with Crippen LogP contribution in [0.5, 0.6) is 0 Å². The Bertz CT molecular complexity index is 1020. The highest BCUT2D eigenvalue weighted by molar-refractivity contribution is 8.00. The highest BCUT2D eigenvalue weighted by atomic mass is 32.2. The van der Waals surface area contributed by atoms with Crippen LogP contribution in [0.2, 0.25) is 0 Å². The second-order valence-corrected chi connectivity index (χ2v) is 8.09. The van der Waals surface area contributed by atoms with Crippen molar-refractivity contribution in [1.82, 2.24) is 14.8 Å². The lowest BCUT2D eigenvalue weighted by atomic mass is 10.2. The summed E-state index contributed by atoms with van der Waals surface area (Å²) < 4.78 is 1.76. The van der Waals surface area contributed by atoms with Crippen LogP contribution in [0.3, 0.4) is 0 Å². The Morgan fingerprint density at radius 2 is 1.77 bits per heavy atom. The minimum absolute atomic E-state index is 0.0838. The molecule has 0 unspecified atom stereocenters. The number of hydrogen-bond acceptors (Lipinski definition) is 5. The average molecular weight is 424 g/mol. The molecule has 1 heterocycles. The van der Waals surface area contributed by atoms with Crippen molar-refractivity contribution in [3.8, 4) is 0 Å². The zero-order chi connectivity index (χ0) is 21.5. The van der Waals surface area contributed by atoms with E-state index in [1.807, 2.05) is 68.4 Å². The molecule has 0 aliphatic carbocycles. The Labute approximate surface area is 180 Å². The molecule has 0 aliphatic heterocycles. The Kier molecular flexibility index (Phi) is 7.24. The van der Waals surface area contributed by atoms with Crippen molar-refractivity contribution in [3.63, 3.8) is 0 Å². The lowest BCUT2D eigenvalue weighted by molar-refractivity contribution is -0.116. The van der Waals surface area contributed by atoms with Gasteiger partial charge >= 0.3 is 0 Å². The van der Waals surface area contributed by atoms with Gasteiger partial charge in [-0.3, -0.25) is 9.59 Å². The summed E-state index contributed by atoms with van der Waals surface area (Å²) in [6.07, 6.45) is 0.740. The van der Waals surface area contributed by atoms with Gasteiger partial charge in [-0.15, -0.1) is 10.2 Å². The highest BCUT2D eigenvalue weighted by Crippen LogP contribution is 2.25. The van der Waals surface area contributed by atoms with Gasteiger partial charge in [0.05, 0.1) is 11.7 Å². The fourth-order valence-corrected chi connectivity index (χ4v) is 3.81. The summed E-state index contributed by atoms with van der Waals surface area (Å²) in [7, 11) is 1.80. The number of amides is 2. The number of carbonyl (C=O) groups is 2. The van der Waals surface area contributed by atoms with E-state index < -0.39 is 0 Å².